The minimum Gasteiger partial charge on any atom is -0.350 e. The molecule has 80 valence electrons. The van der Waals surface area contributed by atoms with Crippen LogP contribution < -0.4 is 5.32 Å². The molecule has 0 heterocycles. The Bertz CT molecular complexity index is 212. The Labute approximate surface area is 86.8 Å². The third-order valence-corrected chi connectivity index (χ3v) is 2.84. The van der Waals surface area contributed by atoms with Crippen LogP contribution in [0, 0.1) is 11.8 Å². The van der Waals surface area contributed by atoms with E-state index in [4.69, 9.17) is 0 Å². The minimum absolute atomic E-state index is 0.0544. The molecule has 0 aromatic carbocycles. The van der Waals surface area contributed by atoms with Crippen molar-refractivity contribution in [2.45, 2.75) is 46.1 Å². The lowest BCUT2D eigenvalue weighted by Crippen LogP contribution is -2.39. The molecule has 0 spiro atoms. The number of hydrogen-bond donors (Lipinski definition) is 1. The number of nitrogens with one attached hydrogen (secondary N) is 1. The Morgan fingerprint density at radius 3 is 2.29 bits per heavy atom. The first-order valence-electron chi connectivity index (χ1n) is 5.55. The van der Waals surface area contributed by atoms with Gasteiger partial charge in [-0.15, -0.1) is 0 Å². The molecule has 14 heavy (non-hydrogen) atoms. The van der Waals surface area contributed by atoms with Crippen LogP contribution in [0.4, 0.5) is 0 Å². The lowest BCUT2D eigenvalue weighted by molar-refractivity contribution is -0.117. The van der Waals surface area contributed by atoms with E-state index in [0.29, 0.717) is 6.04 Å². The largest absolute Gasteiger partial charge is 0.350 e. The van der Waals surface area contributed by atoms with Crippen molar-refractivity contribution in [2.24, 2.45) is 11.8 Å². The van der Waals surface area contributed by atoms with Gasteiger partial charge >= 0.3 is 0 Å². The normalized spacial score (nSPS) is 33.2. The van der Waals surface area contributed by atoms with E-state index in [9.17, 15) is 4.79 Å². The van der Waals surface area contributed by atoms with Gasteiger partial charge in [-0.1, -0.05) is 19.9 Å². The Morgan fingerprint density at radius 1 is 1.21 bits per heavy atom. The molecule has 1 aliphatic carbocycles. The maximum Gasteiger partial charge on any atom is 0.243 e. The number of allylic oxidation sites excluding steroid dienone is 1. The van der Waals surface area contributed by atoms with E-state index in [1.807, 2.05) is 6.92 Å². The second-order valence-corrected chi connectivity index (χ2v) is 4.62. The van der Waals surface area contributed by atoms with Crippen LogP contribution in [0.15, 0.2) is 12.2 Å². The molecule has 0 aromatic rings. The lowest BCUT2D eigenvalue weighted by Gasteiger charge is -2.31. The summed E-state index contributed by atoms with van der Waals surface area (Å²) in [5.74, 6) is 1.54. The molecule has 2 unspecified atom stereocenters. The highest BCUT2D eigenvalue weighted by molar-refractivity contribution is 5.87. The fourth-order valence-corrected chi connectivity index (χ4v) is 2.47. The topological polar surface area (TPSA) is 29.1 Å². The molecule has 1 amide bonds. The quantitative estimate of drug-likeness (QED) is 0.674. The lowest BCUT2D eigenvalue weighted by atomic mass is 9.80. The second-order valence-electron chi connectivity index (χ2n) is 4.62. The average molecular weight is 195 g/mol. The minimum atomic E-state index is 0.0544. The van der Waals surface area contributed by atoms with E-state index < -0.39 is 0 Å². The summed E-state index contributed by atoms with van der Waals surface area (Å²) in [5.41, 5.74) is 0. The molecular formula is C12H21NO. The zero-order valence-electron chi connectivity index (χ0n) is 9.42. The number of amides is 1. The summed E-state index contributed by atoms with van der Waals surface area (Å²) in [6.45, 7) is 6.40. The molecule has 1 aliphatic rings. The zero-order valence-corrected chi connectivity index (χ0v) is 9.42. The van der Waals surface area contributed by atoms with Crippen molar-refractivity contribution in [3.63, 3.8) is 0 Å². The zero-order chi connectivity index (χ0) is 10.6. The first-order valence-corrected chi connectivity index (χ1v) is 5.55. The Kier molecular flexibility index (Phi) is 4.18. The van der Waals surface area contributed by atoms with E-state index in [2.05, 4.69) is 19.2 Å². The standard InChI is InChI=1S/C12H21NO/c1-4-5-12(14)13-11-7-9(2)6-10(3)8-11/h4-5,9-11H,6-8H2,1-3H3,(H,13,14). The van der Waals surface area contributed by atoms with Crippen LogP contribution in [0.2, 0.25) is 0 Å². The van der Waals surface area contributed by atoms with Gasteiger partial charge in [0.2, 0.25) is 5.91 Å². The van der Waals surface area contributed by atoms with Gasteiger partial charge in [0, 0.05) is 6.04 Å². The average Bonchev–Trinajstić information content (AvgIpc) is 2.01. The second kappa shape index (κ2) is 5.18. The predicted molar refractivity (Wildman–Crippen MR) is 58.9 cm³/mol. The van der Waals surface area contributed by atoms with Crippen LogP contribution in [0.5, 0.6) is 0 Å². The smallest absolute Gasteiger partial charge is 0.243 e. The van der Waals surface area contributed by atoms with Crippen molar-refractivity contribution in [1.82, 2.24) is 5.32 Å². The van der Waals surface area contributed by atoms with Crippen molar-refractivity contribution in [3.8, 4) is 0 Å². The summed E-state index contributed by atoms with van der Waals surface area (Å²) in [4.78, 5) is 11.3. The van der Waals surface area contributed by atoms with Crippen LogP contribution in [-0.4, -0.2) is 11.9 Å². The van der Waals surface area contributed by atoms with Crippen molar-refractivity contribution >= 4 is 5.91 Å². The Morgan fingerprint density at radius 2 is 1.79 bits per heavy atom. The molecule has 1 saturated carbocycles. The van der Waals surface area contributed by atoms with Crippen molar-refractivity contribution in [3.05, 3.63) is 12.2 Å². The van der Waals surface area contributed by atoms with E-state index in [0.717, 1.165) is 24.7 Å². The van der Waals surface area contributed by atoms with Crippen molar-refractivity contribution < 1.29 is 4.79 Å². The summed E-state index contributed by atoms with van der Waals surface area (Å²) < 4.78 is 0. The highest BCUT2D eigenvalue weighted by atomic mass is 16.1. The van der Waals surface area contributed by atoms with Gasteiger partial charge in [-0.25, -0.2) is 0 Å². The van der Waals surface area contributed by atoms with Crippen LogP contribution >= 0.6 is 0 Å². The fraction of sp³-hybridized carbons (Fsp3) is 0.750. The number of carbonyl (C=O) groups is 1. The van der Waals surface area contributed by atoms with Crippen LogP contribution in [-0.2, 0) is 4.79 Å². The van der Waals surface area contributed by atoms with E-state index in [-0.39, 0.29) is 5.91 Å². The highest BCUT2D eigenvalue weighted by Gasteiger charge is 2.24. The molecule has 0 bridgehead atoms. The third kappa shape index (κ3) is 3.52. The van der Waals surface area contributed by atoms with Crippen LogP contribution in [0.25, 0.3) is 0 Å². The Hall–Kier alpha value is -0.790. The summed E-state index contributed by atoms with van der Waals surface area (Å²) in [7, 11) is 0. The van der Waals surface area contributed by atoms with Gasteiger partial charge in [0.25, 0.3) is 0 Å². The van der Waals surface area contributed by atoms with E-state index >= 15 is 0 Å². The molecule has 1 N–H and O–H groups in total. The van der Waals surface area contributed by atoms with E-state index in [1.165, 1.54) is 6.42 Å². The molecule has 0 aliphatic heterocycles. The molecular weight excluding hydrogens is 174 g/mol. The van der Waals surface area contributed by atoms with Gasteiger partial charge in [0.1, 0.15) is 0 Å². The predicted octanol–water partition coefficient (Wildman–Crippen LogP) is 2.50. The van der Waals surface area contributed by atoms with Crippen LogP contribution in [0.3, 0.4) is 0 Å². The molecule has 2 nitrogen and oxygen atoms in total. The first kappa shape index (κ1) is 11.3. The first-order chi connectivity index (χ1) is 6.61. The van der Waals surface area contributed by atoms with Gasteiger partial charge in [-0.3, -0.25) is 4.79 Å². The maximum absolute atomic E-state index is 11.3. The maximum atomic E-state index is 11.3. The van der Waals surface area contributed by atoms with Gasteiger partial charge in [-0.2, -0.15) is 0 Å². The summed E-state index contributed by atoms with van der Waals surface area (Å²) in [5, 5.41) is 3.05. The van der Waals surface area contributed by atoms with Crippen molar-refractivity contribution in [2.75, 3.05) is 0 Å². The monoisotopic (exact) mass is 195 g/mol. The third-order valence-electron chi connectivity index (χ3n) is 2.84. The molecule has 0 aromatic heterocycles. The van der Waals surface area contributed by atoms with Crippen LogP contribution in [0.1, 0.15) is 40.0 Å². The Balaban J connectivity index is 2.40. The summed E-state index contributed by atoms with van der Waals surface area (Å²) in [6.07, 6.45) is 6.95. The van der Waals surface area contributed by atoms with Gasteiger partial charge < -0.3 is 5.32 Å². The summed E-state index contributed by atoms with van der Waals surface area (Å²) in [6, 6.07) is 0.387. The number of rotatable bonds is 2. The molecule has 2 atom stereocenters. The molecule has 1 fully saturated rings. The molecule has 0 saturated heterocycles. The molecule has 0 radical (unpaired) electrons. The highest BCUT2D eigenvalue weighted by Crippen LogP contribution is 2.28. The number of hydrogen-bond acceptors (Lipinski definition) is 1. The molecule has 2 heteroatoms. The van der Waals surface area contributed by atoms with Gasteiger partial charge in [0.15, 0.2) is 0 Å². The van der Waals surface area contributed by atoms with Gasteiger partial charge in [0.05, 0.1) is 0 Å². The molecule has 1 rings (SSSR count). The van der Waals surface area contributed by atoms with E-state index in [1.54, 1.807) is 12.2 Å². The SMILES string of the molecule is CC=CC(=O)NC1CC(C)CC(C)C1. The van der Waals surface area contributed by atoms with Gasteiger partial charge in [-0.05, 0) is 44.1 Å². The number of carbonyl (C=O) groups excluding carboxylic acids is 1. The summed E-state index contributed by atoms with van der Waals surface area (Å²) >= 11 is 0. The fourth-order valence-electron chi connectivity index (χ4n) is 2.47. The van der Waals surface area contributed by atoms with Crippen molar-refractivity contribution in [1.29, 1.82) is 0 Å².